The van der Waals surface area contributed by atoms with Crippen molar-refractivity contribution in [1.29, 1.82) is 0 Å². The van der Waals surface area contributed by atoms with E-state index in [4.69, 9.17) is 4.74 Å². The summed E-state index contributed by atoms with van der Waals surface area (Å²) < 4.78 is 5.65. The van der Waals surface area contributed by atoms with Crippen LogP contribution in [0.4, 0.5) is 0 Å². The summed E-state index contributed by atoms with van der Waals surface area (Å²) >= 11 is 0. The molecule has 1 aliphatic heterocycles. The minimum Gasteiger partial charge on any atom is -0.367 e. The lowest BCUT2D eigenvalue weighted by Gasteiger charge is -2.52. The predicted molar refractivity (Wildman–Crippen MR) is 64.9 cm³/mol. The third-order valence-electron chi connectivity index (χ3n) is 4.68. The molecule has 2 nitrogen and oxygen atoms in total. The van der Waals surface area contributed by atoms with Crippen LogP contribution in [0.2, 0.25) is 0 Å². The Balaban J connectivity index is 2.25. The highest BCUT2D eigenvalue weighted by atomic mass is 16.6. The first-order chi connectivity index (χ1) is 7.46. The second kappa shape index (κ2) is 4.15. The Morgan fingerprint density at radius 1 is 1.38 bits per heavy atom. The van der Waals surface area contributed by atoms with Gasteiger partial charge >= 0.3 is 0 Å². The van der Waals surface area contributed by atoms with Gasteiger partial charge in [0.15, 0.2) is 6.29 Å². The molecule has 1 saturated carbocycles. The fourth-order valence-corrected chi connectivity index (χ4v) is 3.66. The van der Waals surface area contributed by atoms with Gasteiger partial charge in [0.25, 0.3) is 0 Å². The van der Waals surface area contributed by atoms with Crippen LogP contribution in [0.5, 0.6) is 0 Å². The summed E-state index contributed by atoms with van der Waals surface area (Å²) in [6.45, 7) is 10.8. The molecule has 2 fully saturated rings. The van der Waals surface area contributed by atoms with Crippen molar-refractivity contribution in [3.63, 3.8) is 0 Å². The molecule has 92 valence electrons. The Labute approximate surface area is 98.7 Å². The maximum Gasteiger partial charge on any atom is 0.164 e. The largest absolute Gasteiger partial charge is 0.367 e. The quantitative estimate of drug-likeness (QED) is 0.641. The van der Waals surface area contributed by atoms with E-state index in [1.54, 1.807) is 0 Å². The van der Waals surface area contributed by atoms with E-state index in [0.29, 0.717) is 5.92 Å². The first kappa shape index (κ1) is 12.1. The van der Waals surface area contributed by atoms with Crippen molar-refractivity contribution in [2.75, 3.05) is 0 Å². The number of rotatable bonds is 0. The van der Waals surface area contributed by atoms with Gasteiger partial charge in [0.05, 0.1) is 6.10 Å². The molecular weight excluding hydrogens is 200 g/mol. The Kier molecular flexibility index (Phi) is 3.15. The molecule has 0 aromatic heterocycles. The fourth-order valence-electron chi connectivity index (χ4n) is 3.66. The molecule has 1 heterocycles. The van der Waals surface area contributed by atoms with E-state index >= 15 is 0 Å². The zero-order valence-corrected chi connectivity index (χ0v) is 10.7. The van der Waals surface area contributed by atoms with Gasteiger partial charge in [-0.25, -0.2) is 0 Å². The van der Waals surface area contributed by atoms with Crippen molar-refractivity contribution in [2.45, 2.75) is 58.8 Å². The standard InChI is InChI=1S/C14H24O2/c1-9-5-6-14(10(2)7-9)11(3)8-12(4)16-13(14)15/h9-10,12-13,15H,3,5-8H2,1-2,4H3/t9?,10-,12?,13?,14-/m1/s1. The fraction of sp³-hybridized carbons (Fsp3) is 0.857. The Morgan fingerprint density at radius 3 is 2.62 bits per heavy atom. The molecule has 1 spiro atoms. The van der Waals surface area contributed by atoms with Gasteiger partial charge in [-0.2, -0.15) is 0 Å². The van der Waals surface area contributed by atoms with E-state index in [2.05, 4.69) is 20.4 Å². The molecule has 1 N–H and O–H groups in total. The average Bonchev–Trinajstić information content (AvgIpc) is 2.15. The van der Waals surface area contributed by atoms with Crippen molar-refractivity contribution in [2.24, 2.45) is 17.3 Å². The molecule has 2 rings (SSSR count). The summed E-state index contributed by atoms with van der Waals surface area (Å²) in [5.74, 6) is 1.24. The van der Waals surface area contributed by atoms with Gasteiger partial charge in [-0.15, -0.1) is 0 Å². The van der Waals surface area contributed by atoms with Crippen molar-refractivity contribution < 1.29 is 9.84 Å². The maximum atomic E-state index is 10.3. The van der Waals surface area contributed by atoms with Crippen LogP contribution in [0.1, 0.15) is 46.5 Å². The van der Waals surface area contributed by atoms with Crippen LogP contribution in [0.15, 0.2) is 12.2 Å². The molecule has 3 unspecified atom stereocenters. The molecular formula is C14H24O2. The van der Waals surface area contributed by atoms with Crippen molar-refractivity contribution in [3.05, 3.63) is 12.2 Å². The number of aliphatic hydroxyl groups excluding tert-OH is 1. The van der Waals surface area contributed by atoms with Crippen LogP contribution >= 0.6 is 0 Å². The molecule has 0 amide bonds. The van der Waals surface area contributed by atoms with E-state index in [9.17, 15) is 5.11 Å². The Hall–Kier alpha value is -0.340. The molecule has 2 heteroatoms. The van der Waals surface area contributed by atoms with Gasteiger partial charge in [-0.3, -0.25) is 0 Å². The lowest BCUT2D eigenvalue weighted by molar-refractivity contribution is -0.229. The molecule has 0 radical (unpaired) electrons. The van der Waals surface area contributed by atoms with E-state index in [1.807, 2.05) is 6.92 Å². The van der Waals surface area contributed by atoms with Crippen LogP contribution in [0.25, 0.3) is 0 Å². The van der Waals surface area contributed by atoms with Gasteiger partial charge in [0, 0.05) is 5.41 Å². The van der Waals surface area contributed by atoms with Crippen molar-refractivity contribution >= 4 is 0 Å². The zero-order valence-electron chi connectivity index (χ0n) is 10.7. The molecule has 5 atom stereocenters. The first-order valence-corrected chi connectivity index (χ1v) is 6.48. The molecule has 16 heavy (non-hydrogen) atoms. The monoisotopic (exact) mass is 224 g/mol. The number of ether oxygens (including phenoxy) is 1. The molecule has 2 aliphatic rings. The lowest BCUT2D eigenvalue weighted by atomic mass is 9.59. The zero-order chi connectivity index (χ0) is 11.9. The number of hydrogen-bond acceptors (Lipinski definition) is 2. The molecule has 1 saturated heterocycles. The smallest absolute Gasteiger partial charge is 0.164 e. The van der Waals surface area contributed by atoms with Crippen LogP contribution in [-0.2, 0) is 4.74 Å². The summed E-state index contributed by atoms with van der Waals surface area (Å²) in [4.78, 5) is 0. The second-order valence-corrected chi connectivity index (χ2v) is 5.93. The van der Waals surface area contributed by atoms with Crippen LogP contribution in [-0.4, -0.2) is 17.5 Å². The minimum absolute atomic E-state index is 0.111. The molecule has 0 bridgehead atoms. The highest BCUT2D eigenvalue weighted by Gasteiger charge is 2.51. The van der Waals surface area contributed by atoms with Crippen molar-refractivity contribution in [1.82, 2.24) is 0 Å². The summed E-state index contributed by atoms with van der Waals surface area (Å²) in [6, 6.07) is 0. The number of aliphatic hydroxyl groups is 1. The normalized spacial score (nSPS) is 49.6. The molecule has 1 aliphatic carbocycles. The summed E-state index contributed by atoms with van der Waals surface area (Å²) in [7, 11) is 0. The van der Waals surface area contributed by atoms with Gasteiger partial charge in [-0.1, -0.05) is 26.0 Å². The maximum absolute atomic E-state index is 10.3. The topological polar surface area (TPSA) is 29.5 Å². The highest BCUT2D eigenvalue weighted by molar-refractivity contribution is 5.18. The van der Waals surface area contributed by atoms with Gasteiger partial charge in [0.1, 0.15) is 0 Å². The summed E-state index contributed by atoms with van der Waals surface area (Å²) in [5.41, 5.74) is 1.04. The third-order valence-corrected chi connectivity index (χ3v) is 4.68. The average molecular weight is 224 g/mol. The third kappa shape index (κ3) is 1.72. The van der Waals surface area contributed by atoms with E-state index in [-0.39, 0.29) is 11.5 Å². The predicted octanol–water partition coefficient (Wildman–Crippen LogP) is 3.11. The number of hydrogen-bond donors (Lipinski definition) is 1. The molecule has 0 aromatic rings. The lowest BCUT2D eigenvalue weighted by Crippen LogP contribution is -2.51. The highest BCUT2D eigenvalue weighted by Crippen LogP contribution is 2.53. The SMILES string of the molecule is C=C1CC(C)OC(O)[C@@]12CCC(C)C[C@H]2C. The molecule has 0 aromatic carbocycles. The first-order valence-electron chi connectivity index (χ1n) is 6.48. The summed E-state index contributed by atoms with van der Waals surface area (Å²) in [5, 5.41) is 10.3. The van der Waals surface area contributed by atoms with E-state index in [1.165, 1.54) is 18.4 Å². The van der Waals surface area contributed by atoms with Crippen LogP contribution in [0.3, 0.4) is 0 Å². The van der Waals surface area contributed by atoms with Crippen LogP contribution in [0, 0.1) is 17.3 Å². The van der Waals surface area contributed by atoms with Gasteiger partial charge in [-0.05, 0) is 44.4 Å². The minimum atomic E-state index is -0.647. The van der Waals surface area contributed by atoms with Crippen molar-refractivity contribution in [3.8, 4) is 0 Å². The van der Waals surface area contributed by atoms with E-state index in [0.717, 1.165) is 18.8 Å². The van der Waals surface area contributed by atoms with Crippen LogP contribution < -0.4 is 0 Å². The van der Waals surface area contributed by atoms with E-state index < -0.39 is 6.29 Å². The second-order valence-electron chi connectivity index (χ2n) is 5.93. The van der Waals surface area contributed by atoms with Gasteiger partial charge < -0.3 is 9.84 Å². The summed E-state index contributed by atoms with van der Waals surface area (Å²) in [6.07, 6.45) is 3.75. The Morgan fingerprint density at radius 2 is 2.06 bits per heavy atom. The van der Waals surface area contributed by atoms with Gasteiger partial charge in [0.2, 0.25) is 0 Å². The Bertz CT molecular complexity index is 276.